The molecule has 2 N–H and O–H groups in total. The van der Waals surface area contributed by atoms with Gasteiger partial charge in [-0.15, -0.1) is 0 Å². The predicted molar refractivity (Wildman–Crippen MR) is 65.3 cm³/mol. The average molecular weight is 275 g/mol. The minimum Gasteiger partial charge on any atom is -0.393 e. The smallest absolute Gasteiger partial charge is 0.254 e. The largest absolute Gasteiger partial charge is 0.393 e. The van der Waals surface area contributed by atoms with Gasteiger partial charge in [0.05, 0.1) is 11.7 Å². The lowest BCUT2D eigenvalue weighted by Crippen LogP contribution is -2.38. The van der Waals surface area contributed by atoms with E-state index in [1.807, 2.05) is 0 Å². The van der Waals surface area contributed by atoms with Gasteiger partial charge in [0, 0.05) is 6.54 Å². The molecule has 0 bridgehead atoms. The van der Waals surface area contributed by atoms with Crippen molar-refractivity contribution in [3.63, 3.8) is 0 Å². The van der Waals surface area contributed by atoms with E-state index in [0.29, 0.717) is 18.0 Å². The van der Waals surface area contributed by atoms with E-state index in [2.05, 4.69) is 10.3 Å². The van der Waals surface area contributed by atoms with Crippen LogP contribution in [0.25, 0.3) is 0 Å². The number of carbonyl (C=O) groups is 1. The molecule has 0 aromatic carbocycles. The number of nitrogens with zero attached hydrogens (tertiary/aromatic N) is 1. The van der Waals surface area contributed by atoms with Crippen LogP contribution in [0.4, 0.5) is 0 Å². The third-order valence-corrected chi connectivity index (χ3v) is 3.32. The van der Waals surface area contributed by atoms with Gasteiger partial charge >= 0.3 is 0 Å². The van der Waals surface area contributed by atoms with Crippen molar-refractivity contribution in [3.8, 4) is 0 Å². The average Bonchev–Trinajstić information content (AvgIpc) is 2.22. The molecule has 0 atom stereocenters. The van der Waals surface area contributed by atoms with Crippen LogP contribution in [0.2, 0.25) is 10.3 Å². The first-order chi connectivity index (χ1) is 8.06. The van der Waals surface area contributed by atoms with E-state index in [0.717, 1.165) is 12.8 Å². The van der Waals surface area contributed by atoms with E-state index >= 15 is 0 Å². The fourth-order valence-corrected chi connectivity index (χ4v) is 2.21. The molecule has 0 saturated heterocycles. The number of hydrogen-bond donors (Lipinski definition) is 2. The molecule has 1 aromatic rings. The lowest BCUT2D eigenvalue weighted by Gasteiger charge is -2.31. The molecule has 1 amide bonds. The second-order valence-electron chi connectivity index (χ2n) is 4.17. The van der Waals surface area contributed by atoms with Crippen LogP contribution in [0.1, 0.15) is 23.2 Å². The van der Waals surface area contributed by atoms with Crippen molar-refractivity contribution >= 4 is 29.1 Å². The van der Waals surface area contributed by atoms with Crippen LogP contribution in [-0.2, 0) is 0 Å². The molecule has 1 aliphatic rings. The van der Waals surface area contributed by atoms with Crippen molar-refractivity contribution in [2.45, 2.75) is 18.9 Å². The number of halogens is 2. The zero-order chi connectivity index (χ0) is 12.4. The number of rotatable bonds is 3. The molecule has 17 heavy (non-hydrogen) atoms. The Hall–Kier alpha value is -0.840. The molecule has 1 aromatic heterocycles. The molecule has 0 unspecified atom stereocenters. The Balaban J connectivity index is 1.91. The van der Waals surface area contributed by atoms with Gasteiger partial charge in [0.1, 0.15) is 10.3 Å². The number of carbonyl (C=O) groups excluding carboxylic acids is 1. The molecule has 0 aliphatic heterocycles. The predicted octanol–water partition coefficient (Wildman–Crippen LogP) is 1.89. The van der Waals surface area contributed by atoms with Crippen LogP contribution in [-0.4, -0.2) is 28.6 Å². The molecular formula is C11H12Cl2N2O2. The molecule has 0 radical (unpaired) electrons. The van der Waals surface area contributed by atoms with E-state index in [1.54, 1.807) is 6.07 Å². The highest BCUT2D eigenvalue weighted by Crippen LogP contribution is 2.26. The summed E-state index contributed by atoms with van der Waals surface area (Å²) in [6.45, 7) is 0.550. The number of aliphatic hydroxyl groups excluding tert-OH is 1. The van der Waals surface area contributed by atoms with Gasteiger partial charge in [0.2, 0.25) is 0 Å². The van der Waals surface area contributed by atoms with Gasteiger partial charge in [0.15, 0.2) is 0 Å². The number of pyridine rings is 1. The maximum absolute atomic E-state index is 11.8. The van der Waals surface area contributed by atoms with Crippen molar-refractivity contribution in [3.05, 3.63) is 28.0 Å². The van der Waals surface area contributed by atoms with Crippen molar-refractivity contribution in [2.24, 2.45) is 5.92 Å². The number of aromatic nitrogens is 1. The molecule has 6 heteroatoms. The van der Waals surface area contributed by atoms with E-state index in [-0.39, 0.29) is 22.3 Å². The maximum Gasteiger partial charge on any atom is 0.254 e. The summed E-state index contributed by atoms with van der Waals surface area (Å²) in [7, 11) is 0. The van der Waals surface area contributed by atoms with E-state index in [4.69, 9.17) is 28.3 Å². The highest BCUT2D eigenvalue weighted by atomic mass is 35.5. The first-order valence-corrected chi connectivity index (χ1v) is 6.10. The van der Waals surface area contributed by atoms with Crippen LogP contribution in [0.5, 0.6) is 0 Å². The summed E-state index contributed by atoms with van der Waals surface area (Å²) in [5, 5.41) is 12.2. The molecule has 0 spiro atoms. The second-order valence-corrected chi connectivity index (χ2v) is 4.92. The number of amides is 1. The third-order valence-electron chi connectivity index (χ3n) is 2.82. The third kappa shape index (κ3) is 3.09. The fraction of sp³-hybridized carbons (Fsp3) is 0.455. The first kappa shape index (κ1) is 12.6. The van der Waals surface area contributed by atoms with E-state index in [9.17, 15) is 4.79 Å². The minimum absolute atomic E-state index is 0.101. The Morgan fingerprint density at radius 3 is 2.76 bits per heavy atom. The van der Waals surface area contributed by atoms with E-state index in [1.165, 1.54) is 6.07 Å². The zero-order valence-corrected chi connectivity index (χ0v) is 10.5. The van der Waals surface area contributed by atoms with E-state index < -0.39 is 0 Å². The van der Waals surface area contributed by atoms with Gasteiger partial charge in [-0.2, -0.15) is 0 Å². The summed E-state index contributed by atoms with van der Waals surface area (Å²) < 4.78 is 0. The Morgan fingerprint density at radius 2 is 2.18 bits per heavy atom. The maximum atomic E-state index is 11.8. The molecule has 2 rings (SSSR count). The summed E-state index contributed by atoms with van der Waals surface area (Å²) in [5.74, 6) is 0.0912. The number of nitrogens with one attached hydrogen (secondary N) is 1. The van der Waals surface area contributed by atoms with Crippen molar-refractivity contribution in [1.82, 2.24) is 10.3 Å². The summed E-state index contributed by atoms with van der Waals surface area (Å²) in [6.07, 6.45) is 1.28. The minimum atomic E-state index is -0.263. The highest BCUT2D eigenvalue weighted by Gasteiger charge is 2.27. The van der Waals surface area contributed by atoms with Gasteiger partial charge < -0.3 is 10.4 Å². The van der Waals surface area contributed by atoms with Crippen molar-refractivity contribution in [1.29, 1.82) is 0 Å². The van der Waals surface area contributed by atoms with Gasteiger partial charge in [-0.25, -0.2) is 4.98 Å². The Morgan fingerprint density at radius 1 is 1.47 bits per heavy atom. The summed E-state index contributed by atoms with van der Waals surface area (Å²) >= 11 is 11.5. The van der Waals surface area contributed by atoms with Gasteiger partial charge in [0.25, 0.3) is 5.91 Å². The molecule has 1 heterocycles. The van der Waals surface area contributed by atoms with Crippen LogP contribution < -0.4 is 5.32 Å². The number of aliphatic hydroxyl groups is 1. The molecular weight excluding hydrogens is 263 g/mol. The molecule has 4 nitrogen and oxygen atoms in total. The monoisotopic (exact) mass is 274 g/mol. The van der Waals surface area contributed by atoms with Crippen LogP contribution >= 0.6 is 23.2 Å². The lowest BCUT2D eigenvalue weighted by atomic mass is 9.82. The highest BCUT2D eigenvalue weighted by molar-refractivity contribution is 6.34. The van der Waals surface area contributed by atoms with Gasteiger partial charge in [-0.3, -0.25) is 4.79 Å². The van der Waals surface area contributed by atoms with Crippen LogP contribution in [0.15, 0.2) is 12.1 Å². The Bertz CT molecular complexity index is 433. The first-order valence-electron chi connectivity index (χ1n) is 5.34. The summed E-state index contributed by atoms with van der Waals surface area (Å²) in [4.78, 5) is 15.6. The quantitative estimate of drug-likeness (QED) is 0.828. The van der Waals surface area contributed by atoms with Gasteiger partial charge in [-0.1, -0.05) is 23.2 Å². The van der Waals surface area contributed by atoms with Crippen molar-refractivity contribution < 1.29 is 9.90 Å². The van der Waals surface area contributed by atoms with Gasteiger partial charge in [-0.05, 0) is 30.9 Å². The summed E-state index contributed by atoms with van der Waals surface area (Å²) in [5.41, 5.74) is 0.316. The summed E-state index contributed by atoms with van der Waals surface area (Å²) in [6, 6.07) is 3.07. The topological polar surface area (TPSA) is 62.2 Å². The molecule has 92 valence electrons. The van der Waals surface area contributed by atoms with Crippen LogP contribution in [0, 0.1) is 5.92 Å². The Labute approximate surface area is 109 Å². The Kier molecular flexibility index (Phi) is 3.86. The van der Waals surface area contributed by atoms with Crippen LogP contribution in [0.3, 0.4) is 0 Å². The molecule has 1 aliphatic carbocycles. The van der Waals surface area contributed by atoms with Crippen molar-refractivity contribution in [2.75, 3.05) is 6.54 Å². The molecule has 1 fully saturated rings. The second kappa shape index (κ2) is 5.21. The lowest BCUT2D eigenvalue weighted by molar-refractivity contribution is 0.0420. The number of hydrogen-bond acceptors (Lipinski definition) is 3. The standard InChI is InChI=1S/C11H12Cl2N2O2/c12-9-2-1-8(10(13)15-9)11(17)14-5-6-3-7(16)4-6/h1-2,6-7,16H,3-5H2,(H,14,17). The zero-order valence-electron chi connectivity index (χ0n) is 8.99. The SMILES string of the molecule is O=C(NCC1CC(O)C1)c1ccc(Cl)nc1Cl. The fourth-order valence-electron chi connectivity index (χ4n) is 1.78. The normalized spacial score (nSPS) is 23.0. The molecule has 1 saturated carbocycles.